The number of rotatable bonds is 2. The molecule has 0 unspecified atom stereocenters. The minimum absolute atomic E-state index is 0.911. The predicted octanol–water partition coefficient (Wildman–Crippen LogP) is 7.77. The third-order valence-electron chi connectivity index (χ3n) is 6.45. The molecule has 2 aromatic heterocycles. The third kappa shape index (κ3) is 7.45. The first kappa shape index (κ1) is 29.2. The SMILES string of the molecule is Brc1cccc2ncccc12.CP(C)(=O)c1cccc2c1CCCN2.CP(C)(=O)c1cccc2ncccc12. The average Bonchev–Trinajstić information content (AvgIpc) is 2.92. The van der Waals surface area contributed by atoms with E-state index < -0.39 is 14.3 Å². The summed E-state index contributed by atoms with van der Waals surface area (Å²) in [7, 11) is -4.32. The standard InChI is InChI=1S/C11H16NOP.C11H12NOP.C9H6BrN/c2*1-14(2,13)11-7-3-6-10-9(11)5-4-8-12-10;10-8-4-1-5-9-7(8)3-2-6-11-9/h3,6-7,12H,4-5,8H2,1-2H3;3-8H,1-2H3;1-6H. The van der Waals surface area contributed by atoms with Gasteiger partial charge in [0.25, 0.3) is 0 Å². The Balaban J connectivity index is 0.000000137. The smallest absolute Gasteiger partial charge is 0.110 e. The van der Waals surface area contributed by atoms with Crippen molar-refractivity contribution in [2.24, 2.45) is 0 Å². The van der Waals surface area contributed by atoms with Crippen LogP contribution in [-0.2, 0) is 15.6 Å². The summed E-state index contributed by atoms with van der Waals surface area (Å²) in [6.07, 6.45) is 5.76. The predicted molar refractivity (Wildman–Crippen MR) is 173 cm³/mol. The molecular weight excluding hydrogens is 588 g/mol. The van der Waals surface area contributed by atoms with Crippen LogP contribution in [0.25, 0.3) is 21.8 Å². The Morgan fingerprint density at radius 3 is 1.90 bits per heavy atom. The van der Waals surface area contributed by atoms with Crippen LogP contribution in [-0.4, -0.2) is 43.2 Å². The monoisotopic (exact) mass is 621 g/mol. The maximum Gasteiger partial charge on any atom is 0.110 e. The molecule has 0 saturated carbocycles. The summed E-state index contributed by atoms with van der Waals surface area (Å²) in [4.78, 5) is 8.45. The molecule has 0 radical (unpaired) electrons. The Morgan fingerprint density at radius 2 is 1.26 bits per heavy atom. The first-order chi connectivity index (χ1) is 18.6. The summed E-state index contributed by atoms with van der Waals surface area (Å²) in [6, 6.07) is 25.7. The molecule has 6 rings (SSSR count). The summed E-state index contributed by atoms with van der Waals surface area (Å²) in [6.45, 7) is 8.30. The van der Waals surface area contributed by atoms with E-state index in [1.807, 2.05) is 86.1 Å². The Hall–Kier alpha value is -2.78. The van der Waals surface area contributed by atoms with Gasteiger partial charge in [0.2, 0.25) is 0 Å². The number of fused-ring (bicyclic) bond motifs is 3. The molecule has 0 aliphatic carbocycles. The number of anilines is 1. The summed E-state index contributed by atoms with van der Waals surface area (Å²) >= 11 is 3.46. The Morgan fingerprint density at radius 1 is 0.692 bits per heavy atom. The molecule has 0 spiro atoms. The first-order valence-corrected chi connectivity index (χ1v) is 18.8. The lowest BCUT2D eigenvalue weighted by atomic mass is 10.0. The molecule has 0 saturated heterocycles. The van der Waals surface area contributed by atoms with E-state index in [1.54, 1.807) is 25.7 Å². The van der Waals surface area contributed by atoms with E-state index in [0.29, 0.717) is 0 Å². The van der Waals surface area contributed by atoms with Crippen LogP contribution in [0.4, 0.5) is 5.69 Å². The van der Waals surface area contributed by atoms with Crippen molar-refractivity contribution < 1.29 is 9.13 Å². The van der Waals surface area contributed by atoms with Crippen LogP contribution < -0.4 is 15.9 Å². The fourth-order valence-corrected chi connectivity index (χ4v) is 7.65. The fraction of sp³-hybridized carbons (Fsp3) is 0.226. The van der Waals surface area contributed by atoms with E-state index in [9.17, 15) is 9.13 Å². The summed E-state index contributed by atoms with van der Waals surface area (Å²) in [5, 5.41) is 7.50. The number of pyridine rings is 2. The van der Waals surface area contributed by atoms with Crippen LogP contribution in [0.15, 0.2) is 95.7 Å². The average molecular weight is 622 g/mol. The van der Waals surface area contributed by atoms with Gasteiger partial charge in [-0.25, -0.2) is 0 Å². The van der Waals surface area contributed by atoms with Crippen LogP contribution in [0.5, 0.6) is 0 Å². The molecule has 1 aliphatic heterocycles. The van der Waals surface area contributed by atoms with Crippen molar-refractivity contribution in [2.75, 3.05) is 38.5 Å². The lowest BCUT2D eigenvalue weighted by Crippen LogP contribution is -2.19. The number of aromatic nitrogens is 2. The van der Waals surface area contributed by atoms with Crippen molar-refractivity contribution in [3.63, 3.8) is 0 Å². The molecule has 8 heteroatoms. The molecule has 5 nitrogen and oxygen atoms in total. The van der Waals surface area contributed by atoms with E-state index >= 15 is 0 Å². The third-order valence-corrected chi connectivity index (χ3v) is 10.3. The molecular formula is C31H34BrN3O2P2. The minimum atomic E-state index is -2.20. The summed E-state index contributed by atoms with van der Waals surface area (Å²) in [5.74, 6) is 0. The highest BCUT2D eigenvalue weighted by Crippen LogP contribution is 2.39. The van der Waals surface area contributed by atoms with E-state index in [4.69, 9.17) is 0 Å². The van der Waals surface area contributed by atoms with E-state index in [-0.39, 0.29) is 0 Å². The van der Waals surface area contributed by atoms with Gasteiger partial charge in [-0.2, -0.15) is 0 Å². The number of halogens is 1. The van der Waals surface area contributed by atoms with Gasteiger partial charge in [0.05, 0.1) is 11.0 Å². The second kappa shape index (κ2) is 12.6. The molecule has 39 heavy (non-hydrogen) atoms. The molecule has 0 bridgehead atoms. The molecule has 3 aromatic carbocycles. The Labute approximate surface area is 239 Å². The van der Waals surface area contributed by atoms with Crippen molar-refractivity contribution in [3.8, 4) is 0 Å². The van der Waals surface area contributed by atoms with Crippen molar-refractivity contribution in [1.82, 2.24) is 9.97 Å². The zero-order valence-corrected chi connectivity index (χ0v) is 26.1. The maximum absolute atomic E-state index is 12.1. The normalized spacial score (nSPS) is 12.8. The number of benzene rings is 3. The van der Waals surface area contributed by atoms with Crippen LogP contribution in [0, 0.1) is 0 Å². The van der Waals surface area contributed by atoms with Gasteiger partial charge in [0, 0.05) is 50.5 Å². The van der Waals surface area contributed by atoms with Crippen LogP contribution >= 0.6 is 30.2 Å². The van der Waals surface area contributed by atoms with Gasteiger partial charge < -0.3 is 14.4 Å². The molecule has 3 heterocycles. The largest absolute Gasteiger partial charge is 0.385 e. The molecule has 202 valence electrons. The fourth-order valence-electron chi connectivity index (χ4n) is 4.62. The van der Waals surface area contributed by atoms with E-state index in [1.165, 1.54) is 11.3 Å². The van der Waals surface area contributed by atoms with Gasteiger partial charge in [-0.15, -0.1) is 0 Å². The van der Waals surface area contributed by atoms with E-state index in [0.717, 1.165) is 56.3 Å². The molecule has 0 amide bonds. The molecule has 1 N–H and O–H groups in total. The molecule has 5 aromatic rings. The minimum Gasteiger partial charge on any atom is -0.385 e. The number of hydrogen-bond acceptors (Lipinski definition) is 5. The molecule has 1 aliphatic rings. The van der Waals surface area contributed by atoms with Crippen molar-refractivity contribution in [2.45, 2.75) is 12.8 Å². The van der Waals surface area contributed by atoms with Crippen molar-refractivity contribution in [3.05, 3.63) is 101 Å². The highest BCUT2D eigenvalue weighted by molar-refractivity contribution is 9.10. The van der Waals surface area contributed by atoms with Gasteiger partial charge in [0.1, 0.15) is 14.3 Å². The van der Waals surface area contributed by atoms with Crippen LogP contribution in [0.3, 0.4) is 0 Å². The van der Waals surface area contributed by atoms with Gasteiger partial charge >= 0.3 is 0 Å². The highest BCUT2D eigenvalue weighted by atomic mass is 79.9. The summed E-state index contributed by atoms with van der Waals surface area (Å²) in [5.41, 5.74) is 4.39. The van der Waals surface area contributed by atoms with Gasteiger partial charge in [-0.3, -0.25) is 9.97 Å². The summed E-state index contributed by atoms with van der Waals surface area (Å²) < 4.78 is 25.2. The van der Waals surface area contributed by atoms with Crippen molar-refractivity contribution in [1.29, 1.82) is 0 Å². The quantitative estimate of drug-likeness (QED) is 0.204. The molecule has 0 fully saturated rings. The van der Waals surface area contributed by atoms with Gasteiger partial charge in [-0.1, -0.05) is 58.4 Å². The lowest BCUT2D eigenvalue weighted by molar-refractivity contribution is 0.587. The zero-order valence-electron chi connectivity index (χ0n) is 22.8. The van der Waals surface area contributed by atoms with Crippen LogP contribution in [0.1, 0.15) is 12.0 Å². The van der Waals surface area contributed by atoms with Crippen LogP contribution in [0.2, 0.25) is 0 Å². The highest BCUT2D eigenvalue weighted by Gasteiger charge is 2.20. The molecule has 0 atom stereocenters. The first-order valence-electron chi connectivity index (χ1n) is 12.9. The topological polar surface area (TPSA) is 72.0 Å². The van der Waals surface area contributed by atoms with Gasteiger partial charge in [-0.05, 0) is 81.5 Å². The lowest BCUT2D eigenvalue weighted by Gasteiger charge is -2.22. The second-order valence-electron chi connectivity index (χ2n) is 10.2. The van der Waals surface area contributed by atoms with E-state index in [2.05, 4.69) is 37.3 Å². The second-order valence-corrected chi connectivity index (χ2v) is 17.4. The number of hydrogen-bond donors (Lipinski definition) is 1. The zero-order chi connectivity index (χ0) is 28.0. The Kier molecular flexibility index (Phi) is 9.43. The maximum atomic E-state index is 12.1. The van der Waals surface area contributed by atoms with Crippen molar-refractivity contribution >= 4 is 68.3 Å². The number of nitrogens with zero attached hydrogens (tertiary/aromatic N) is 2. The Bertz CT molecular complexity index is 1680. The van der Waals surface area contributed by atoms with Gasteiger partial charge in [0.15, 0.2) is 0 Å². The number of nitrogens with one attached hydrogen (secondary N) is 1.